The molecule has 0 aliphatic rings. The highest BCUT2D eigenvalue weighted by Gasteiger charge is 2.13. The van der Waals surface area contributed by atoms with Crippen LogP contribution in [0.4, 0.5) is 5.82 Å². The smallest absolute Gasteiger partial charge is 0.250 e. The second kappa shape index (κ2) is 13.2. The lowest BCUT2D eigenvalue weighted by atomic mass is 10.2. The number of imidazole rings is 1. The van der Waals surface area contributed by atoms with Crippen molar-refractivity contribution in [1.29, 1.82) is 0 Å². The van der Waals surface area contributed by atoms with Gasteiger partial charge in [-0.3, -0.25) is 0 Å². The molecule has 238 valence electrons. The van der Waals surface area contributed by atoms with E-state index in [-0.39, 0.29) is 0 Å². The second-order valence-corrected chi connectivity index (χ2v) is 12.5. The van der Waals surface area contributed by atoms with Crippen molar-refractivity contribution < 1.29 is 9.88 Å². The summed E-state index contributed by atoms with van der Waals surface area (Å²) in [5.41, 5.74) is 5.23. The van der Waals surface area contributed by atoms with E-state index in [1.807, 2.05) is 0 Å². The summed E-state index contributed by atoms with van der Waals surface area (Å²) in [6.45, 7) is 3.91. The van der Waals surface area contributed by atoms with Gasteiger partial charge in [-0.05, 0) is 30.3 Å². The first-order chi connectivity index (χ1) is 23.7. The lowest BCUT2D eigenvalue weighted by Gasteiger charge is -2.12. The third kappa shape index (κ3) is 5.73. The Hall–Kier alpha value is -5.66. The fourth-order valence-corrected chi connectivity index (χ4v) is 7.04. The number of aromatic nitrogens is 5. The Labute approximate surface area is 280 Å². The van der Waals surface area contributed by atoms with E-state index < -0.39 is 0 Å². The largest absolute Gasteiger partial charge is 0.340 e. The summed E-state index contributed by atoms with van der Waals surface area (Å²) >= 11 is 0. The van der Waals surface area contributed by atoms with E-state index in [4.69, 9.17) is 4.98 Å². The zero-order valence-electron chi connectivity index (χ0n) is 27.4. The van der Waals surface area contributed by atoms with Gasteiger partial charge in [0.1, 0.15) is 24.4 Å². The molecule has 8 rings (SSSR count). The van der Waals surface area contributed by atoms with E-state index in [0.717, 1.165) is 50.7 Å². The Morgan fingerprint density at radius 3 is 1.79 bits per heavy atom. The molecule has 0 saturated heterocycles. The predicted molar refractivity (Wildman–Crippen MR) is 196 cm³/mol. The van der Waals surface area contributed by atoms with Crippen molar-refractivity contribution in [2.45, 2.75) is 32.5 Å². The van der Waals surface area contributed by atoms with E-state index in [2.05, 4.69) is 182 Å². The van der Waals surface area contributed by atoms with Gasteiger partial charge in [0.05, 0.1) is 19.3 Å². The second-order valence-electron chi connectivity index (χ2n) is 12.5. The van der Waals surface area contributed by atoms with Gasteiger partial charge in [-0.25, -0.2) is 4.57 Å². The lowest BCUT2D eigenvalue weighted by molar-refractivity contribution is -0.696. The van der Waals surface area contributed by atoms with Crippen molar-refractivity contribution in [2.75, 3.05) is 18.5 Å². The number of fused-ring (bicyclic) bond motifs is 6. The summed E-state index contributed by atoms with van der Waals surface area (Å²) in [7, 11) is 2.05. The zero-order chi connectivity index (χ0) is 32.3. The van der Waals surface area contributed by atoms with Crippen LogP contribution in [0.2, 0.25) is 0 Å². The molecule has 0 fully saturated rings. The molecule has 8 aromatic rings. The molecule has 0 saturated carbocycles. The summed E-state index contributed by atoms with van der Waals surface area (Å²) in [4.78, 5) is 7.03. The molecule has 48 heavy (non-hydrogen) atoms. The third-order valence-electron chi connectivity index (χ3n) is 9.39. The standard InChI is InChI=1S/C41H40N7/c1-44(28-24-42-23-11-26-47-36-17-6-2-13-32(36)33-14-3-7-18-37(33)47)40-21-10-22-41(43-40)46-30-29-45(31-46)25-12-27-48-38-19-8-4-15-34(38)35-16-5-9-20-39(35)48/h2-10,13-22,24,28-31,42H,11-12,23,25-27H2,1H3/q+1/p+1/b28-24-. The fourth-order valence-electron chi connectivity index (χ4n) is 7.04. The van der Waals surface area contributed by atoms with E-state index in [9.17, 15) is 0 Å². The molecule has 0 spiro atoms. The van der Waals surface area contributed by atoms with Crippen LogP contribution in [-0.4, -0.2) is 32.3 Å². The van der Waals surface area contributed by atoms with Crippen molar-refractivity contribution in [3.05, 3.63) is 146 Å². The lowest BCUT2D eigenvalue weighted by Crippen LogP contribution is -2.78. The quantitative estimate of drug-likeness (QED) is 0.116. The SMILES string of the molecule is CN(/C=C\[NH2+]CCCn1c2ccccc2c2ccccc21)c1cccc(-n2cc[n+](CCCn3c4ccccc4c4ccccc43)c2)n1. The third-order valence-corrected chi connectivity index (χ3v) is 9.39. The van der Waals surface area contributed by atoms with Crippen LogP contribution in [0.5, 0.6) is 0 Å². The Morgan fingerprint density at radius 1 is 0.667 bits per heavy atom. The van der Waals surface area contributed by atoms with E-state index in [0.29, 0.717) is 0 Å². The average Bonchev–Trinajstić information content (AvgIpc) is 3.83. The number of anilines is 1. The number of hydrogen-bond donors (Lipinski definition) is 1. The van der Waals surface area contributed by atoms with Gasteiger partial charge in [0.2, 0.25) is 12.1 Å². The Morgan fingerprint density at radius 2 is 1.21 bits per heavy atom. The predicted octanol–water partition coefficient (Wildman–Crippen LogP) is 7.03. The number of nitrogens with two attached hydrogens (primary N) is 1. The molecule has 0 aliphatic heterocycles. The molecule has 0 atom stereocenters. The van der Waals surface area contributed by atoms with Gasteiger partial charge in [-0.15, -0.1) is 0 Å². The van der Waals surface area contributed by atoms with Crippen LogP contribution in [0.1, 0.15) is 12.8 Å². The highest BCUT2D eigenvalue weighted by atomic mass is 15.2. The molecule has 0 amide bonds. The van der Waals surface area contributed by atoms with Crippen LogP contribution in [-0.2, 0) is 19.6 Å². The number of pyridine rings is 1. The molecule has 0 bridgehead atoms. The number of para-hydroxylation sites is 4. The summed E-state index contributed by atoms with van der Waals surface area (Å²) in [5.74, 6) is 1.82. The minimum atomic E-state index is 0.907. The molecule has 4 aromatic heterocycles. The number of nitrogens with zero attached hydrogens (tertiary/aromatic N) is 6. The average molecular weight is 632 g/mol. The zero-order valence-corrected chi connectivity index (χ0v) is 27.4. The van der Waals surface area contributed by atoms with Gasteiger partial charge in [0.25, 0.3) is 0 Å². The minimum Gasteiger partial charge on any atom is -0.340 e. The first-order valence-electron chi connectivity index (χ1n) is 16.9. The summed E-state index contributed by atoms with van der Waals surface area (Å²) < 4.78 is 9.27. The number of hydrogen-bond acceptors (Lipinski definition) is 2. The molecule has 0 unspecified atom stereocenters. The molecule has 2 N–H and O–H groups in total. The van der Waals surface area contributed by atoms with Crippen LogP contribution in [0.15, 0.2) is 146 Å². The molecular weight excluding hydrogens is 591 g/mol. The summed E-state index contributed by atoms with van der Waals surface area (Å²) in [6.07, 6.45) is 12.7. The highest BCUT2D eigenvalue weighted by Crippen LogP contribution is 2.30. The van der Waals surface area contributed by atoms with Crippen molar-refractivity contribution in [1.82, 2.24) is 18.7 Å². The maximum Gasteiger partial charge on any atom is 0.250 e. The first kappa shape index (κ1) is 29.7. The Balaban J connectivity index is 0.859. The number of benzene rings is 4. The molecular formula is C41H41N7+2. The van der Waals surface area contributed by atoms with Crippen molar-refractivity contribution in [3.63, 3.8) is 0 Å². The molecule has 0 aliphatic carbocycles. The van der Waals surface area contributed by atoms with Gasteiger partial charge in [0.15, 0.2) is 0 Å². The van der Waals surface area contributed by atoms with Crippen molar-refractivity contribution in [3.8, 4) is 5.82 Å². The first-order valence-corrected chi connectivity index (χ1v) is 16.9. The number of quaternary nitrogens is 1. The Kier molecular flexibility index (Phi) is 8.19. The van der Waals surface area contributed by atoms with Gasteiger partial charge in [-0.1, -0.05) is 78.9 Å². The van der Waals surface area contributed by atoms with E-state index in [1.165, 1.54) is 43.6 Å². The molecule has 7 heteroatoms. The molecule has 4 heterocycles. The Bertz CT molecular complexity index is 2270. The van der Waals surface area contributed by atoms with Crippen LogP contribution in [0, 0.1) is 0 Å². The van der Waals surface area contributed by atoms with Crippen LogP contribution in [0.3, 0.4) is 0 Å². The van der Waals surface area contributed by atoms with Gasteiger partial charge in [-0.2, -0.15) is 9.55 Å². The van der Waals surface area contributed by atoms with Crippen molar-refractivity contribution in [2.24, 2.45) is 0 Å². The maximum absolute atomic E-state index is 4.96. The van der Waals surface area contributed by atoms with Crippen molar-refractivity contribution >= 4 is 49.4 Å². The molecule has 4 aromatic carbocycles. The maximum atomic E-state index is 4.96. The monoisotopic (exact) mass is 631 g/mol. The minimum absolute atomic E-state index is 0.907. The summed E-state index contributed by atoms with van der Waals surface area (Å²) in [6, 6.07) is 41.1. The molecule has 0 radical (unpaired) electrons. The number of aryl methyl sites for hydroxylation is 3. The van der Waals surface area contributed by atoms with E-state index in [1.54, 1.807) is 0 Å². The summed E-state index contributed by atoms with van der Waals surface area (Å²) in [5, 5.41) is 7.57. The van der Waals surface area contributed by atoms with Crippen LogP contribution < -0.4 is 14.8 Å². The highest BCUT2D eigenvalue weighted by molar-refractivity contribution is 6.08. The van der Waals surface area contributed by atoms with Gasteiger partial charge in [0, 0.05) is 82.7 Å². The topological polar surface area (TPSA) is 51.4 Å². The van der Waals surface area contributed by atoms with E-state index >= 15 is 0 Å². The normalized spacial score (nSPS) is 11.9. The van der Waals surface area contributed by atoms with Crippen LogP contribution in [0.25, 0.3) is 49.4 Å². The van der Waals surface area contributed by atoms with Gasteiger partial charge < -0.3 is 19.4 Å². The number of rotatable bonds is 12. The van der Waals surface area contributed by atoms with Crippen LogP contribution >= 0.6 is 0 Å². The van der Waals surface area contributed by atoms with Gasteiger partial charge >= 0.3 is 0 Å². The molecule has 7 nitrogen and oxygen atoms in total. The fraction of sp³-hybridized carbons (Fsp3) is 0.171.